The van der Waals surface area contributed by atoms with Crippen LogP contribution in [0.2, 0.25) is 0 Å². The van der Waals surface area contributed by atoms with Crippen LogP contribution in [0.5, 0.6) is 0 Å². The average Bonchev–Trinajstić information content (AvgIpc) is 2.78. The first-order valence-electron chi connectivity index (χ1n) is 6.66. The third-order valence-corrected chi connectivity index (χ3v) is 3.33. The number of rotatable bonds is 5. The molecule has 3 N–H and O–H groups in total. The van der Waals surface area contributed by atoms with E-state index in [-0.39, 0.29) is 11.9 Å². The zero-order valence-corrected chi connectivity index (χ0v) is 12.5. The van der Waals surface area contributed by atoms with Gasteiger partial charge in [-0.15, -0.1) is 0 Å². The monoisotopic (exact) mass is 289 g/mol. The van der Waals surface area contributed by atoms with Crippen LogP contribution in [-0.4, -0.2) is 21.5 Å². The molecule has 0 aliphatic rings. The van der Waals surface area contributed by atoms with E-state index in [0.29, 0.717) is 18.0 Å². The van der Waals surface area contributed by atoms with Gasteiger partial charge in [-0.3, -0.25) is 4.79 Å². The second-order valence-corrected chi connectivity index (χ2v) is 5.52. The average molecular weight is 289 g/mol. The molecular formula is C15H19N3OS. The van der Waals surface area contributed by atoms with E-state index in [1.165, 1.54) is 0 Å². The molecule has 1 aromatic carbocycles. The van der Waals surface area contributed by atoms with Crippen molar-refractivity contribution in [1.29, 1.82) is 0 Å². The van der Waals surface area contributed by atoms with Crippen LogP contribution in [0, 0.1) is 0 Å². The number of hydrogen-bond donors (Lipinski definition) is 2. The Morgan fingerprint density at radius 1 is 1.40 bits per heavy atom. The molecule has 4 nitrogen and oxygen atoms in total. The first-order valence-corrected chi connectivity index (χ1v) is 7.07. The largest absolute Gasteiger partial charge is 0.389 e. The molecule has 0 atom stereocenters. The molecule has 0 aliphatic heterocycles. The predicted octanol–water partition coefficient (Wildman–Crippen LogP) is 2.19. The Balaban J connectivity index is 2.18. The fraction of sp³-hybridized carbons (Fsp3) is 0.333. The van der Waals surface area contributed by atoms with E-state index in [9.17, 15) is 4.79 Å². The molecule has 2 aromatic rings. The highest BCUT2D eigenvalue weighted by atomic mass is 32.1. The van der Waals surface area contributed by atoms with E-state index in [1.807, 2.05) is 44.3 Å². The lowest BCUT2D eigenvalue weighted by Gasteiger charge is -2.09. The van der Waals surface area contributed by atoms with Gasteiger partial charge in [-0.05, 0) is 26.0 Å². The SMILES string of the molecule is CC(C)NC(=O)CCn1ccc2c(C(N)=S)cccc21. The second-order valence-electron chi connectivity index (χ2n) is 5.08. The van der Waals surface area contributed by atoms with E-state index >= 15 is 0 Å². The van der Waals surface area contributed by atoms with Crippen LogP contribution < -0.4 is 11.1 Å². The summed E-state index contributed by atoms with van der Waals surface area (Å²) in [6, 6.07) is 8.02. The van der Waals surface area contributed by atoms with Gasteiger partial charge in [0.25, 0.3) is 0 Å². The molecule has 0 aliphatic carbocycles. The van der Waals surface area contributed by atoms with Gasteiger partial charge in [0.15, 0.2) is 0 Å². The summed E-state index contributed by atoms with van der Waals surface area (Å²) in [4.78, 5) is 12.1. The first-order chi connectivity index (χ1) is 9.49. The predicted molar refractivity (Wildman–Crippen MR) is 85.7 cm³/mol. The molecule has 0 unspecified atom stereocenters. The highest BCUT2D eigenvalue weighted by Crippen LogP contribution is 2.20. The van der Waals surface area contributed by atoms with Crippen molar-refractivity contribution in [2.24, 2.45) is 5.73 Å². The maximum atomic E-state index is 11.7. The lowest BCUT2D eigenvalue weighted by atomic mass is 10.1. The maximum absolute atomic E-state index is 11.7. The number of aryl methyl sites for hydroxylation is 1. The third kappa shape index (κ3) is 3.17. The lowest BCUT2D eigenvalue weighted by Crippen LogP contribution is -2.30. The smallest absolute Gasteiger partial charge is 0.221 e. The van der Waals surface area contributed by atoms with Crippen LogP contribution in [0.4, 0.5) is 0 Å². The van der Waals surface area contributed by atoms with Gasteiger partial charge in [-0.1, -0.05) is 24.4 Å². The van der Waals surface area contributed by atoms with Crippen molar-refractivity contribution in [1.82, 2.24) is 9.88 Å². The van der Waals surface area contributed by atoms with E-state index in [1.54, 1.807) is 0 Å². The van der Waals surface area contributed by atoms with Gasteiger partial charge in [0, 0.05) is 41.7 Å². The molecule has 1 aromatic heterocycles. The second kappa shape index (κ2) is 6.05. The molecule has 2 rings (SSSR count). The number of hydrogen-bond acceptors (Lipinski definition) is 2. The van der Waals surface area contributed by atoms with Crippen LogP contribution in [0.1, 0.15) is 25.8 Å². The molecule has 1 heterocycles. The van der Waals surface area contributed by atoms with Crippen molar-refractivity contribution in [3.05, 3.63) is 36.0 Å². The third-order valence-electron chi connectivity index (χ3n) is 3.11. The van der Waals surface area contributed by atoms with Crippen LogP contribution in [-0.2, 0) is 11.3 Å². The number of thiocarbonyl (C=S) groups is 1. The molecule has 5 heteroatoms. The number of amides is 1. The van der Waals surface area contributed by atoms with Crippen molar-refractivity contribution in [2.75, 3.05) is 0 Å². The van der Waals surface area contributed by atoms with Crippen molar-refractivity contribution in [2.45, 2.75) is 32.9 Å². The fourth-order valence-electron chi connectivity index (χ4n) is 2.25. The summed E-state index contributed by atoms with van der Waals surface area (Å²) in [6.07, 6.45) is 2.42. The van der Waals surface area contributed by atoms with Gasteiger partial charge in [-0.2, -0.15) is 0 Å². The molecule has 0 fully saturated rings. The van der Waals surface area contributed by atoms with Gasteiger partial charge in [0.05, 0.1) is 0 Å². The summed E-state index contributed by atoms with van der Waals surface area (Å²) in [5, 5.41) is 3.92. The zero-order chi connectivity index (χ0) is 14.7. The number of carbonyl (C=O) groups is 1. The first kappa shape index (κ1) is 14.5. The summed E-state index contributed by atoms with van der Waals surface area (Å²) in [5.41, 5.74) is 7.65. The molecular weight excluding hydrogens is 270 g/mol. The number of fused-ring (bicyclic) bond motifs is 1. The summed E-state index contributed by atoms with van der Waals surface area (Å²) >= 11 is 5.06. The highest BCUT2D eigenvalue weighted by Gasteiger charge is 2.09. The summed E-state index contributed by atoms with van der Waals surface area (Å²) in [7, 11) is 0. The number of nitrogens with two attached hydrogens (primary N) is 1. The molecule has 0 radical (unpaired) electrons. The fourth-order valence-corrected chi connectivity index (χ4v) is 2.43. The van der Waals surface area contributed by atoms with E-state index in [4.69, 9.17) is 18.0 Å². The topological polar surface area (TPSA) is 60.0 Å². The molecule has 106 valence electrons. The van der Waals surface area contributed by atoms with Crippen molar-refractivity contribution >= 4 is 34.0 Å². The summed E-state index contributed by atoms with van der Waals surface area (Å²) in [5.74, 6) is 0.0624. The van der Waals surface area contributed by atoms with E-state index in [0.717, 1.165) is 16.5 Å². The van der Waals surface area contributed by atoms with Gasteiger partial charge in [0.1, 0.15) is 4.99 Å². The maximum Gasteiger partial charge on any atom is 0.221 e. The number of carbonyl (C=O) groups excluding carboxylic acids is 1. The van der Waals surface area contributed by atoms with Crippen LogP contribution >= 0.6 is 12.2 Å². The molecule has 0 spiro atoms. The Bertz CT molecular complexity index is 646. The standard InChI is InChI=1S/C15H19N3OS/c1-10(2)17-14(19)7-9-18-8-6-11-12(15(16)20)4-3-5-13(11)18/h3-6,8,10H,7,9H2,1-2H3,(H2,16,20)(H,17,19). The molecule has 0 bridgehead atoms. The minimum atomic E-state index is 0.0624. The Morgan fingerprint density at radius 3 is 2.80 bits per heavy atom. The van der Waals surface area contributed by atoms with Crippen LogP contribution in [0.3, 0.4) is 0 Å². The zero-order valence-electron chi connectivity index (χ0n) is 11.7. The quantitative estimate of drug-likeness (QED) is 0.830. The van der Waals surface area contributed by atoms with E-state index < -0.39 is 0 Å². The molecule has 0 saturated carbocycles. The summed E-state index contributed by atoms with van der Waals surface area (Å²) < 4.78 is 2.05. The summed E-state index contributed by atoms with van der Waals surface area (Å²) in [6.45, 7) is 4.55. The lowest BCUT2D eigenvalue weighted by molar-refractivity contribution is -0.121. The van der Waals surface area contributed by atoms with Crippen LogP contribution in [0.25, 0.3) is 10.9 Å². The van der Waals surface area contributed by atoms with Gasteiger partial charge >= 0.3 is 0 Å². The van der Waals surface area contributed by atoms with Gasteiger partial charge in [0.2, 0.25) is 5.91 Å². The van der Waals surface area contributed by atoms with E-state index in [2.05, 4.69) is 9.88 Å². The van der Waals surface area contributed by atoms with Gasteiger partial charge in [-0.25, -0.2) is 0 Å². The van der Waals surface area contributed by atoms with Crippen molar-refractivity contribution in [3.8, 4) is 0 Å². The van der Waals surface area contributed by atoms with Crippen molar-refractivity contribution in [3.63, 3.8) is 0 Å². The van der Waals surface area contributed by atoms with Crippen molar-refractivity contribution < 1.29 is 4.79 Å². The molecule has 0 saturated heterocycles. The number of aromatic nitrogens is 1. The number of nitrogens with zero attached hydrogens (tertiary/aromatic N) is 1. The van der Waals surface area contributed by atoms with Gasteiger partial charge < -0.3 is 15.6 Å². The molecule has 20 heavy (non-hydrogen) atoms. The Labute approximate surface area is 123 Å². The number of benzene rings is 1. The molecule has 1 amide bonds. The Morgan fingerprint density at radius 2 is 2.15 bits per heavy atom. The highest BCUT2D eigenvalue weighted by molar-refractivity contribution is 7.80. The normalized spacial score (nSPS) is 10.9. The minimum absolute atomic E-state index is 0.0624. The number of nitrogens with one attached hydrogen (secondary N) is 1. The Hall–Kier alpha value is -1.88. The Kier molecular flexibility index (Phi) is 4.39. The van der Waals surface area contributed by atoms with Crippen LogP contribution in [0.15, 0.2) is 30.5 Å². The minimum Gasteiger partial charge on any atom is -0.389 e.